The van der Waals surface area contributed by atoms with Crippen LogP contribution in [-0.2, 0) is 6.54 Å². The molecule has 2 aliphatic rings. The Morgan fingerprint density at radius 2 is 2.09 bits per heavy atom. The van der Waals surface area contributed by atoms with E-state index < -0.39 is 11.7 Å². The van der Waals surface area contributed by atoms with Gasteiger partial charge in [-0.1, -0.05) is 6.07 Å². The molecule has 1 fully saturated rings. The second kappa shape index (κ2) is 7.79. The number of hydrogen-bond donors (Lipinski definition) is 1. The fraction of sp³-hybridized carbons (Fsp3) is 0.280. The molecule has 0 spiro atoms. The summed E-state index contributed by atoms with van der Waals surface area (Å²) in [5.74, 6) is 0.512. The minimum Gasteiger partial charge on any atom is -0.486 e. The number of aryl methyl sites for hydroxylation is 1. The first-order chi connectivity index (χ1) is 16.5. The summed E-state index contributed by atoms with van der Waals surface area (Å²) in [5, 5.41) is 7.10. The van der Waals surface area contributed by atoms with Gasteiger partial charge in [0.2, 0.25) is 0 Å². The molecule has 0 unspecified atom stereocenters. The molecular formula is C25H23FN6O2. The summed E-state index contributed by atoms with van der Waals surface area (Å²) in [6.07, 6.45) is 7.28. The van der Waals surface area contributed by atoms with Crippen molar-refractivity contribution in [1.82, 2.24) is 24.3 Å². The fourth-order valence-electron chi connectivity index (χ4n) is 4.39. The van der Waals surface area contributed by atoms with E-state index in [9.17, 15) is 9.18 Å². The lowest BCUT2D eigenvalue weighted by Gasteiger charge is -2.17. The number of benzene rings is 2. The largest absolute Gasteiger partial charge is 0.486 e. The number of para-hydroxylation sites is 1. The number of rotatable bonds is 4. The van der Waals surface area contributed by atoms with Crippen LogP contribution in [0.2, 0.25) is 0 Å². The molecule has 1 amide bonds. The first-order valence-corrected chi connectivity index (χ1v) is 11.3. The predicted octanol–water partition coefficient (Wildman–Crippen LogP) is 4.49. The minimum atomic E-state index is -0.586. The zero-order valence-corrected chi connectivity index (χ0v) is 18.8. The third-order valence-electron chi connectivity index (χ3n) is 6.28. The molecule has 2 aromatic heterocycles. The second-order valence-corrected chi connectivity index (χ2v) is 8.93. The van der Waals surface area contributed by atoms with Crippen molar-refractivity contribution in [2.45, 2.75) is 45.3 Å². The van der Waals surface area contributed by atoms with Crippen molar-refractivity contribution in [3.8, 4) is 22.8 Å². The predicted molar refractivity (Wildman–Crippen MR) is 124 cm³/mol. The molecule has 9 heteroatoms. The first-order valence-electron chi connectivity index (χ1n) is 11.3. The van der Waals surface area contributed by atoms with Crippen LogP contribution in [0.5, 0.6) is 5.75 Å². The van der Waals surface area contributed by atoms with Gasteiger partial charge >= 0.3 is 0 Å². The number of hydrogen-bond acceptors (Lipinski definition) is 5. The maximum atomic E-state index is 14.9. The topological polar surface area (TPSA) is 86.9 Å². The highest BCUT2D eigenvalue weighted by Crippen LogP contribution is 2.40. The molecule has 2 aromatic carbocycles. The monoisotopic (exact) mass is 458 g/mol. The highest BCUT2D eigenvalue weighted by Gasteiger charge is 2.27. The van der Waals surface area contributed by atoms with Crippen LogP contribution in [0.15, 0.2) is 49.2 Å². The molecule has 4 aromatic rings. The molecule has 172 valence electrons. The summed E-state index contributed by atoms with van der Waals surface area (Å²) in [7, 11) is 0. The number of anilines is 1. The number of nitrogens with zero attached hydrogens (tertiary/aromatic N) is 5. The third kappa shape index (κ3) is 3.53. The summed E-state index contributed by atoms with van der Waals surface area (Å²) in [6, 6.07) is 8.35. The molecule has 0 saturated heterocycles. The van der Waals surface area contributed by atoms with E-state index in [1.807, 2.05) is 30.7 Å². The van der Waals surface area contributed by atoms with Crippen molar-refractivity contribution < 1.29 is 13.9 Å². The number of aromatic nitrogens is 5. The van der Waals surface area contributed by atoms with Crippen LogP contribution >= 0.6 is 0 Å². The molecule has 3 heterocycles. The zero-order chi connectivity index (χ0) is 23.4. The van der Waals surface area contributed by atoms with E-state index in [1.54, 1.807) is 29.2 Å². The minimum absolute atomic E-state index is 0.0512. The quantitative estimate of drug-likeness (QED) is 0.487. The Balaban J connectivity index is 1.35. The van der Waals surface area contributed by atoms with Crippen LogP contribution in [0, 0.1) is 12.7 Å². The highest BCUT2D eigenvalue weighted by molar-refractivity contribution is 6.06. The normalized spacial score (nSPS) is 16.9. The molecule has 1 aliphatic heterocycles. The van der Waals surface area contributed by atoms with Crippen LogP contribution in [0.1, 0.15) is 47.3 Å². The Morgan fingerprint density at radius 3 is 2.91 bits per heavy atom. The van der Waals surface area contributed by atoms with Crippen LogP contribution in [0.4, 0.5) is 10.1 Å². The lowest BCUT2D eigenvalue weighted by molar-refractivity contribution is 0.102. The van der Waals surface area contributed by atoms with E-state index in [2.05, 4.69) is 20.4 Å². The van der Waals surface area contributed by atoms with Gasteiger partial charge in [0.25, 0.3) is 5.91 Å². The van der Waals surface area contributed by atoms with Crippen LogP contribution < -0.4 is 10.1 Å². The van der Waals surface area contributed by atoms with Crippen molar-refractivity contribution in [1.29, 1.82) is 0 Å². The molecule has 34 heavy (non-hydrogen) atoms. The summed E-state index contributed by atoms with van der Waals surface area (Å²) < 4.78 is 24.7. The number of amides is 1. The van der Waals surface area contributed by atoms with Crippen LogP contribution in [-0.4, -0.2) is 36.3 Å². The molecule has 6 rings (SSSR count). The van der Waals surface area contributed by atoms with Gasteiger partial charge < -0.3 is 14.6 Å². The molecule has 0 bridgehead atoms. The number of carbonyl (C=O) groups is 1. The molecule has 1 aliphatic carbocycles. The van der Waals surface area contributed by atoms with Crippen molar-refractivity contribution in [2.24, 2.45) is 0 Å². The number of halogens is 1. The second-order valence-electron chi connectivity index (χ2n) is 8.93. The van der Waals surface area contributed by atoms with Gasteiger partial charge in [-0.2, -0.15) is 5.10 Å². The van der Waals surface area contributed by atoms with E-state index in [-0.39, 0.29) is 11.7 Å². The number of ether oxygens (including phenoxy) is 1. The zero-order valence-electron chi connectivity index (χ0n) is 18.8. The fourth-order valence-corrected chi connectivity index (χ4v) is 4.39. The Kier molecular flexibility index (Phi) is 4.72. The molecule has 0 radical (unpaired) electrons. The Bertz CT molecular complexity index is 1420. The molecule has 8 nitrogen and oxygen atoms in total. The van der Waals surface area contributed by atoms with E-state index in [1.165, 1.54) is 12.4 Å². The maximum Gasteiger partial charge on any atom is 0.258 e. The van der Waals surface area contributed by atoms with Crippen LogP contribution in [0.25, 0.3) is 17.1 Å². The molecule has 1 N–H and O–H groups in total. The van der Waals surface area contributed by atoms with Crippen molar-refractivity contribution >= 4 is 11.6 Å². The lowest BCUT2D eigenvalue weighted by atomic mass is 10.1. The summed E-state index contributed by atoms with van der Waals surface area (Å²) in [6.45, 7) is 4.27. The highest BCUT2D eigenvalue weighted by atomic mass is 19.1. The van der Waals surface area contributed by atoms with E-state index in [0.29, 0.717) is 29.7 Å². The SMILES string of the molecule is Cc1cc(F)c(C(=O)Nc2cccc3c2O[C@H](C)Cn2ncnc2-3)cc1-n1cnc(C2CC2)c1. The van der Waals surface area contributed by atoms with Gasteiger partial charge in [-0.25, -0.2) is 19.0 Å². The Labute approximate surface area is 195 Å². The van der Waals surface area contributed by atoms with Gasteiger partial charge in [-0.3, -0.25) is 4.79 Å². The van der Waals surface area contributed by atoms with E-state index in [4.69, 9.17) is 4.74 Å². The average Bonchev–Trinajstić information content (AvgIpc) is 3.40. The maximum absolute atomic E-state index is 14.9. The number of nitrogens with one attached hydrogen (secondary N) is 1. The average molecular weight is 458 g/mol. The van der Waals surface area contributed by atoms with Gasteiger partial charge in [0.15, 0.2) is 11.6 Å². The van der Waals surface area contributed by atoms with E-state index in [0.717, 1.165) is 35.3 Å². The lowest BCUT2D eigenvalue weighted by Crippen LogP contribution is -2.20. The smallest absolute Gasteiger partial charge is 0.258 e. The third-order valence-corrected chi connectivity index (χ3v) is 6.28. The summed E-state index contributed by atoms with van der Waals surface area (Å²) >= 11 is 0. The van der Waals surface area contributed by atoms with E-state index >= 15 is 0 Å². The van der Waals surface area contributed by atoms with Gasteiger partial charge in [0, 0.05) is 12.1 Å². The van der Waals surface area contributed by atoms with Crippen LogP contribution in [0.3, 0.4) is 0 Å². The number of imidazole rings is 1. The molecular weight excluding hydrogens is 435 g/mol. The number of fused-ring (bicyclic) bond motifs is 3. The summed E-state index contributed by atoms with van der Waals surface area (Å²) in [5.41, 5.74) is 3.59. The van der Waals surface area contributed by atoms with Crippen molar-refractivity contribution in [2.75, 3.05) is 5.32 Å². The Morgan fingerprint density at radius 1 is 1.24 bits per heavy atom. The standard InChI is InChI=1S/C25H23FN6O2/c1-14-8-19(26)18(9-22(14)31-11-21(28-13-31)16-6-7-16)25(33)30-20-5-3-4-17-23(20)34-15(2)10-32-24(17)27-12-29-32/h3-5,8-9,11-13,15-16H,6-7,10H2,1-2H3,(H,30,33)/t15-/m1/s1. The summed E-state index contributed by atoms with van der Waals surface area (Å²) in [4.78, 5) is 22.1. The molecule has 1 saturated carbocycles. The van der Waals surface area contributed by atoms with Gasteiger partial charge in [0.1, 0.15) is 18.2 Å². The Hall–Kier alpha value is -4.01. The van der Waals surface area contributed by atoms with Gasteiger partial charge in [0.05, 0.1) is 41.1 Å². The van der Waals surface area contributed by atoms with Gasteiger partial charge in [-0.05, 0) is 56.5 Å². The first kappa shape index (κ1) is 20.6. The molecule has 1 atom stereocenters. The van der Waals surface area contributed by atoms with Crippen molar-refractivity contribution in [3.63, 3.8) is 0 Å². The van der Waals surface area contributed by atoms with Gasteiger partial charge in [-0.15, -0.1) is 0 Å². The number of carbonyl (C=O) groups excluding carboxylic acids is 1. The van der Waals surface area contributed by atoms with Crippen molar-refractivity contribution in [3.05, 3.63) is 71.8 Å².